The molecule has 1 aliphatic rings. The van der Waals surface area contributed by atoms with Crippen molar-refractivity contribution in [3.05, 3.63) is 35.3 Å². The fraction of sp³-hybridized carbons (Fsp3) is 0.412. The van der Waals surface area contributed by atoms with E-state index in [1.807, 2.05) is 5.38 Å². The smallest absolute Gasteiger partial charge is 0.275 e. The molecular weight excluding hydrogens is 326 g/mol. The van der Waals surface area contributed by atoms with Crippen molar-refractivity contribution in [2.75, 3.05) is 37.2 Å². The van der Waals surface area contributed by atoms with Gasteiger partial charge >= 0.3 is 0 Å². The average molecular weight is 347 g/mol. The first-order valence-corrected chi connectivity index (χ1v) is 8.88. The summed E-state index contributed by atoms with van der Waals surface area (Å²) in [5.41, 5.74) is 1.16. The van der Waals surface area contributed by atoms with Crippen molar-refractivity contribution in [2.24, 2.45) is 0 Å². The summed E-state index contributed by atoms with van der Waals surface area (Å²) in [5.74, 6) is 0.496. The third-order valence-electron chi connectivity index (χ3n) is 3.81. The number of ether oxygens (including phenoxy) is 2. The lowest BCUT2D eigenvalue weighted by Gasteiger charge is -2.25. The van der Waals surface area contributed by atoms with Crippen LogP contribution >= 0.6 is 11.3 Å². The molecule has 0 bridgehead atoms. The number of carbonyl (C=O) groups is 1. The van der Waals surface area contributed by atoms with Gasteiger partial charge in [-0.1, -0.05) is 0 Å². The van der Waals surface area contributed by atoms with Gasteiger partial charge < -0.3 is 19.7 Å². The Morgan fingerprint density at radius 1 is 1.25 bits per heavy atom. The molecule has 3 rings (SSSR count). The van der Waals surface area contributed by atoms with Crippen molar-refractivity contribution in [1.82, 2.24) is 4.98 Å². The molecule has 1 saturated heterocycles. The molecule has 1 N–H and O–H groups in total. The number of benzene rings is 1. The molecule has 1 aliphatic heterocycles. The van der Waals surface area contributed by atoms with Crippen molar-refractivity contribution >= 4 is 28.1 Å². The van der Waals surface area contributed by atoms with E-state index in [0.717, 1.165) is 18.2 Å². The van der Waals surface area contributed by atoms with E-state index >= 15 is 0 Å². The van der Waals surface area contributed by atoms with Gasteiger partial charge in [0.15, 0.2) is 11.9 Å². The van der Waals surface area contributed by atoms with E-state index in [1.165, 1.54) is 30.6 Å². The molecule has 2 heterocycles. The Hall–Kier alpha value is -2.12. The molecule has 2 aromatic rings. The maximum absolute atomic E-state index is 12.3. The Morgan fingerprint density at radius 3 is 2.71 bits per heavy atom. The second-order valence-corrected chi connectivity index (χ2v) is 6.43. The highest BCUT2D eigenvalue weighted by atomic mass is 32.1. The third kappa shape index (κ3) is 4.24. The molecule has 0 aliphatic carbocycles. The van der Waals surface area contributed by atoms with Crippen molar-refractivity contribution in [1.29, 1.82) is 0 Å². The summed E-state index contributed by atoms with van der Waals surface area (Å²) in [4.78, 5) is 19.1. The maximum Gasteiger partial charge on any atom is 0.275 e. The number of hydrogen-bond acceptors (Lipinski definition) is 6. The minimum absolute atomic E-state index is 0.194. The second kappa shape index (κ2) is 8.12. The largest absolute Gasteiger partial charge is 0.468 e. The second-order valence-electron chi connectivity index (χ2n) is 5.59. The predicted molar refractivity (Wildman–Crippen MR) is 95.1 cm³/mol. The topological polar surface area (TPSA) is 63.7 Å². The van der Waals surface area contributed by atoms with Crippen LogP contribution in [0.4, 0.5) is 10.8 Å². The van der Waals surface area contributed by atoms with Gasteiger partial charge in [-0.2, -0.15) is 0 Å². The molecule has 0 unspecified atom stereocenters. The van der Waals surface area contributed by atoms with Gasteiger partial charge in [0, 0.05) is 31.3 Å². The molecule has 0 saturated carbocycles. The van der Waals surface area contributed by atoms with Gasteiger partial charge in [0.1, 0.15) is 11.4 Å². The molecule has 0 atom stereocenters. The molecular formula is C17H21N3O3S. The Balaban J connectivity index is 1.59. The molecule has 0 radical (unpaired) electrons. The summed E-state index contributed by atoms with van der Waals surface area (Å²) in [5, 5.41) is 5.61. The first kappa shape index (κ1) is 16.7. The molecule has 1 aromatic heterocycles. The van der Waals surface area contributed by atoms with E-state index in [4.69, 9.17) is 9.47 Å². The Morgan fingerprint density at radius 2 is 2.00 bits per heavy atom. The van der Waals surface area contributed by atoms with Crippen LogP contribution in [0.3, 0.4) is 0 Å². The van der Waals surface area contributed by atoms with E-state index in [9.17, 15) is 4.79 Å². The van der Waals surface area contributed by atoms with Crippen molar-refractivity contribution < 1.29 is 14.3 Å². The van der Waals surface area contributed by atoms with Crippen LogP contribution < -0.4 is 15.0 Å². The maximum atomic E-state index is 12.3. The fourth-order valence-corrected chi connectivity index (χ4v) is 3.42. The monoisotopic (exact) mass is 347 g/mol. The first-order valence-electron chi connectivity index (χ1n) is 8.00. The van der Waals surface area contributed by atoms with E-state index in [2.05, 4.69) is 15.2 Å². The molecule has 1 amide bonds. The Kier molecular flexibility index (Phi) is 5.66. The molecule has 0 spiro atoms. The zero-order chi connectivity index (χ0) is 16.8. The lowest BCUT2D eigenvalue weighted by Crippen LogP contribution is -2.29. The first-order chi connectivity index (χ1) is 11.8. The number of carbonyl (C=O) groups excluding carboxylic acids is 1. The van der Waals surface area contributed by atoms with E-state index in [1.54, 1.807) is 31.4 Å². The molecule has 24 heavy (non-hydrogen) atoms. The molecule has 128 valence electrons. The number of nitrogens with one attached hydrogen (secondary N) is 1. The number of thiazole rings is 1. The zero-order valence-corrected chi connectivity index (χ0v) is 14.5. The Bertz CT molecular complexity index is 666. The summed E-state index contributed by atoms with van der Waals surface area (Å²) in [7, 11) is 1.57. The number of anilines is 2. The number of amides is 1. The van der Waals surface area contributed by atoms with Crippen LogP contribution in [0.25, 0.3) is 0 Å². The van der Waals surface area contributed by atoms with E-state index in [-0.39, 0.29) is 12.7 Å². The van der Waals surface area contributed by atoms with Crippen LogP contribution in [0.15, 0.2) is 29.6 Å². The van der Waals surface area contributed by atoms with Crippen molar-refractivity contribution in [3.8, 4) is 5.75 Å². The van der Waals surface area contributed by atoms with Crippen LogP contribution in [0.1, 0.15) is 29.8 Å². The standard InChI is InChI=1S/C17H21N3O3S/c1-22-12-23-14-7-5-13(6-8-14)18-16(21)15-11-24-17(19-15)20-9-3-2-4-10-20/h5-8,11H,2-4,9-10,12H2,1H3,(H,18,21). The van der Waals surface area contributed by atoms with Crippen molar-refractivity contribution in [3.63, 3.8) is 0 Å². The van der Waals surface area contributed by atoms with Gasteiger partial charge in [0.25, 0.3) is 5.91 Å². The summed E-state index contributed by atoms with van der Waals surface area (Å²) >= 11 is 1.53. The minimum atomic E-state index is -0.194. The highest BCUT2D eigenvalue weighted by Crippen LogP contribution is 2.24. The SMILES string of the molecule is COCOc1ccc(NC(=O)c2csc(N3CCCCC3)n2)cc1. The van der Waals surface area contributed by atoms with Crippen LogP contribution in [0.2, 0.25) is 0 Å². The fourth-order valence-electron chi connectivity index (χ4n) is 2.56. The number of aromatic nitrogens is 1. The van der Waals surface area contributed by atoms with Gasteiger partial charge in [-0.25, -0.2) is 4.98 Å². The van der Waals surface area contributed by atoms with E-state index in [0.29, 0.717) is 17.1 Å². The third-order valence-corrected chi connectivity index (χ3v) is 4.71. The molecule has 1 fully saturated rings. The Labute approximate surface area is 145 Å². The average Bonchev–Trinajstić information content (AvgIpc) is 3.12. The number of piperidine rings is 1. The van der Waals surface area contributed by atoms with Crippen LogP contribution in [0, 0.1) is 0 Å². The minimum Gasteiger partial charge on any atom is -0.468 e. The lowest BCUT2D eigenvalue weighted by atomic mass is 10.1. The molecule has 1 aromatic carbocycles. The van der Waals surface area contributed by atoms with Crippen LogP contribution in [0.5, 0.6) is 5.75 Å². The highest BCUT2D eigenvalue weighted by molar-refractivity contribution is 7.14. The van der Waals surface area contributed by atoms with Gasteiger partial charge in [-0.05, 0) is 43.5 Å². The summed E-state index contributed by atoms with van der Waals surface area (Å²) in [6.07, 6.45) is 3.66. The van der Waals surface area contributed by atoms with Gasteiger partial charge in [-0.3, -0.25) is 4.79 Å². The predicted octanol–water partition coefficient (Wildman–Crippen LogP) is 3.37. The number of methoxy groups -OCH3 is 1. The number of nitrogens with zero attached hydrogens (tertiary/aromatic N) is 2. The summed E-state index contributed by atoms with van der Waals surface area (Å²) in [6, 6.07) is 7.16. The van der Waals surface area contributed by atoms with Crippen LogP contribution in [-0.4, -0.2) is 37.9 Å². The molecule has 7 heteroatoms. The van der Waals surface area contributed by atoms with Gasteiger partial charge in [-0.15, -0.1) is 11.3 Å². The van der Waals surface area contributed by atoms with Gasteiger partial charge in [0.2, 0.25) is 0 Å². The normalized spacial score (nSPS) is 14.5. The quantitative estimate of drug-likeness (QED) is 0.812. The van der Waals surface area contributed by atoms with Gasteiger partial charge in [0.05, 0.1) is 0 Å². The van der Waals surface area contributed by atoms with Crippen molar-refractivity contribution in [2.45, 2.75) is 19.3 Å². The van der Waals surface area contributed by atoms with Crippen LogP contribution in [-0.2, 0) is 4.74 Å². The molecule has 6 nitrogen and oxygen atoms in total. The summed E-state index contributed by atoms with van der Waals surface area (Å²) in [6.45, 7) is 2.25. The van der Waals surface area contributed by atoms with E-state index < -0.39 is 0 Å². The number of hydrogen-bond donors (Lipinski definition) is 1. The zero-order valence-electron chi connectivity index (χ0n) is 13.7. The summed E-state index contributed by atoms with van der Waals surface area (Å²) < 4.78 is 10.2. The number of rotatable bonds is 6. The lowest BCUT2D eigenvalue weighted by molar-refractivity contribution is 0.0511. The highest BCUT2D eigenvalue weighted by Gasteiger charge is 2.17.